The van der Waals surface area contributed by atoms with E-state index >= 15 is 0 Å². The normalized spacial score (nSPS) is 18.8. The van der Waals surface area contributed by atoms with Gasteiger partial charge < -0.3 is 25.2 Å². The van der Waals surface area contributed by atoms with E-state index in [4.69, 9.17) is 4.74 Å². The molecule has 0 radical (unpaired) electrons. The predicted molar refractivity (Wildman–Crippen MR) is 124 cm³/mol. The van der Waals surface area contributed by atoms with Crippen molar-refractivity contribution >= 4 is 0 Å². The summed E-state index contributed by atoms with van der Waals surface area (Å²) < 4.78 is 6.30. The van der Waals surface area contributed by atoms with Crippen LogP contribution in [0.25, 0.3) is 0 Å². The summed E-state index contributed by atoms with van der Waals surface area (Å²) in [5.74, 6) is 0. The number of aliphatic hydroxyl groups excluding tert-OH is 3. The van der Waals surface area contributed by atoms with Crippen molar-refractivity contribution in [3.8, 4) is 0 Å². The molecule has 0 aromatic heterocycles. The maximum absolute atomic E-state index is 11.2. The molecular formula is C25H52O5. The van der Waals surface area contributed by atoms with E-state index < -0.39 is 45.1 Å². The lowest BCUT2D eigenvalue weighted by Gasteiger charge is -2.46. The van der Waals surface area contributed by atoms with Gasteiger partial charge in [-0.15, -0.1) is 0 Å². The largest absolute Gasteiger partial charge is 0.396 e. The molecule has 30 heavy (non-hydrogen) atoms. The third-order valence-corrected chi connectivity index (χ3v) is 6.68. The van der Waals surface area contributed by atoms with Gasteiger partial charge >= 0.3 is 0 Å². The van der Waals surface area contributed by atoms with E-state index in [1.165, 1.54) is 0 Å². The summed E-state index contributed by atoms with van der Waals surface area (Å²) in [6, 6.07) is 0. The lowest BCUT2D eigenvalue weighted by atomic mass is 9.67. The molecule has 0 fully saturated rings. The highest BCUT2D eigenvalue weighted by Gasteiger charge is 2.45. The molecule has 0 bridgehead atoms. The minimum Gasteiger partial charge on any atom is -0.396 e. The molecule has 0 aromatic carbocycles. The minimum absolute atomic E-state index is 0.0886. The molecule has 0 aliphatic carbocycles. The standard InChI is InChI=1S/C25H52O5/c1-13-25(12,29)15-21(4,5)19(28)23(8,9)17-30-24(10,11)14-20(2,3)18(27)22(6,7)16-26/h18-19,26-29H,13-17H2,1-12H3. The maximum Gasteiger partial charge on any atom is 0.0665 e. The first-order valence-corrected chi connectivity index (χ1v) is 11.4. The minimum atomic E-state index is -0.819. The van der Waals surface area contributed by atoms with Gasteiger partial charge in [0.1, 0.15) is 0 Å². The van der Waals surface area contributed by atoms with Gasteiger partial charge in [-0.1, -0.05) is 62.3 Å². The number of hydrogen-bond donors (Lipinski definition) is 4. The van der Waals surface area contributed by atoms with E-state index in [0.29, 0.717) is 25.9 Å². The molecule has 0 aliphatic rings. The Morgan fingerprint density at radius 2 is 1.07 bits per heavy atom. The second kappa shape index (κ2) is 9.74. The molecule has 0 saturated heterocycles. The van der Waals surface area contributed by atoms with Crippen molar-refractivity contribution in [2.24, 2.45) is 21.7 Å². The highest BCUT2D eigenvalue weighted by Crippen LogP contribution is 2.43. The molecule has 5 nitrogen and oxygen atoms in total. The first-order chi connectivity index (χ1) is 13.1. The third kappa shape index (κ3) is 8.38. The fourth-order valence-corrected chi connectivity index (χ4v) is 5.11. The zero-order chi connectivity index (χ0) is 24.4. The number of ether oxygens (including phenoxy) is 1. The highest BCUT2D eigenvalue weighted by atomic mass is 16.5. The lowest BCUT2D eigenvalue weighted by Crippen LogP contribution is -2.50. The van der Waals surface area contributed by atoms with Crippen LogP contribution in [0.3, 0.4) is 0 Å². The maximum atomic E-state index is 11.2. The fraction of sp³-hybridized carbons (Fsp3) is 1.00. The Hall–Kier alpha value is -0.200. The van der Waals surface area contributed by atoms with Crippen molar-refractivity contribution in [2.75, 3.05) is 13.2 Å². The van der Waals surface area contributed by atoms with Gasteiger partial charge in [0, 0.05) is 10.8 Å². The smallest absolute Gasteiger partial charge is 0.0665 e. The summed E-state index contributed by atoms with van der Waals surface area (Å²) in [6.45, 7) is 23.7. The Labute approximate surface area is 186 Å². The van der Waals surface area contributed by atoms with Gasteiger partial charge in [0.2, 0.25) is 0 Å². The SMILES string of the molecule is CCC(C)(O)CC(C)(C)C(O)C(C)(C)COC(C)(C)CC(C)(C)C(O)C(C)(C)CO. The van der Waals surface area contributed by atoms with Crippen LogP contribution in [0.1, 0.15) is 102 Å². The molecule has 0 amide bonds. The van der Waals surface area contributed by atoms with Gasteiger partial charge in [0.05, 0.1) is 36.6 Å². The second-order valence-corrected chi connectivity index (χ2v) is 13.2. The van der Waals surface area contributed by atoms with E-state index in [2.05, 4.69) is 0 Å². The number of rotatable bonds is 13. The topological polar surface area (TPSA) is 90.2 Å². The van der Waals surface area contributed by atoms with Crippen LogP contribution >= 0.6 is 0 Å². The lowest BCUT2D eigenvalue weighted by molar-refractivity contribution is -0.151. The molecule has 3 atom stereocenters. The number of hydrogen-bond acceptors (Lipinski definition) is 5. The summed E-state index contributed by atoms with van der Waals surface area (Å²) in [4.78, 5) is 0. The van der Waals surface area contributed by atoms with E-state index in [0.717, 1.165) is 0 Å². The monoisotopic (exact) mass is 432 g/mol. The van der Waals surface area contributed by atoms with Crippen LogP contribution in [-0.2, 0) is 4.74 Å². The van der Waals surface area contributed by atoms with Crippen molar-refractivity contribution in [2.45, 2.75) is 126 Å². The first kappa shape index (κ1) is 29.8. The van der Waals surface area contributed by atoms with Crippen LogP contribution in [-0.4, -0.2) is 57.0 Å². The average molecular weight is 433 g/mol. The molecule has 0 aromatic rings. The molecule has 0 aliphatic heterocycles. The Kier molecular flexibility index (Phi) is 9.68. The van der Waals surface area contributed by atoms with Crippen LogP contribution in [0.2, 0.25) is 0 Å². The molecule has 0 spiro atoms. The van der Waals surface area contributed by atoms with E-state index in [1.807, 2.05) is 83.1 Å². The van der Waals surface area contributed by atoms with Crippen LogP contribution in [0, 0.1) is 21.7 Å². The molecule has 182 valence electrons. The van der Waals surface area contributed by atoms with Gasteiger partial charge in [-0.2, -0.15) is 0 Å². The number of aliphatic hydroxyl groups is 4. The van der Waals surface area contributed by atoms with Crippen LogP contribution in [0.4, 0.5) is 0 Å². The summed E-state index contributed by atoms with van der Waals surface area (Å²) in [7, 11) is 0. The zero-order valence-corrected chi connectivity index (χ0v) is 21.9. The molecule has 0 rings (SSSR count). The van der Waals surface area contributed by atoms with E-state index in [9.17, 15) is 20.4 Å². The summed E-state index contributed by atoms with van der Waals surface area (Å²) in [5.41, 5.74) is -3.39. The third-order valence-electron chi connectivity index (χ3n) is 6.68. The van der Waals surface area contributed by atoms with Gasteiger partial charge in [-0.3, -0.25) is 0 Å². The van der Waals surface area contributed by atoms with Crippen molar-refractivity contribution in [3.63, 3.8) is 0 Å². The molecule has 4 N–H and O–H groups in total. The van der Waals surface area contributed by atoms with Crippen LogP contribution in [0.15, 0.2) is 0 Å². The fourth-order valence-electron chi connectivity index (χ4n) is 5.11. The summed E-state index contributed by atoms with van der Waals surface area (Å²) in [5, 5.41) is 42.2. The van der Waals surface area contributed by atoms with Crippen molar-refractivity contribution in [1.29, 1.82) is 0 Å². The van der Waals surface area contributed by atoms with Crippen molar-refractivity contribution < 1.29 is 25.2 Å². The Morgan fingerprint density at radius 3 is 1.47 bits per heavy atom. The highest BCUT2D eigenvalue weighted by molar-refractivity contribution is 4.95. The molecule has 0 heterocycles. The van der Waals surface area contributed by atoms with Crippen LogP contribution < -0.4 is 0 Å². The molecule has 5 heteroatoms. The Balaban J connectivity index is 5.26. The average Bonchev–Trinajstić information content (AvgIpc) is 2.57. The molecule has 3 unspecified atom stereocenters. The van der Waals surface area contributed by atoms with Gasteiger partial charge in [-0.05, 0) is 50.9 Å². The van der Waals surface area contributed by atoms with Crippen molar-refractivity contribution in [1.82, 2.24) is 0 Å². The second-order valence-electron chi connectivity index (χ2n) is 13.2. The predicted octanol–water partition coefficient (Wildman–Crippen LogP) is 4.54. The molecule has 0 saturated carbocycles. The summed E-state index contributed by atoms with van der Waals surface area (Å²) >= 11 is 0. The van der Waals surface area contributed by atoms with Crippen LogP contribution in [0.5, 0.6) is 0 Å². The molecular weight excluding hydrogens is 380 g/mol. The summed E-state index contributed by atoms with van der Waals surface area (Å²) in [6.07, 6.45) is 0.386. The van der Waals surface area contributed by atoms with Crippen molar-refractivity contribution in [3.05, 3.63) is 0 Å². The zero-order valence-electron chi connectivity index (χ0n) is 21.9. The van der Waals surface area contributed by atoms with E-state index in [-0.39, 0.29) is 6.61 Å². The Bertz CT molecular complexity index is 532. The van der Waals surface area contributed by atoms with Gasteiger partial charge in [-0.25, -0.2) is 0 Å². The quantitative estimate of drug-likeness (QED) is 0.343. The van der Waals surface area contributed by atoms with Gasteiger partial charge in [0.25, 0.3) is 0 Å². The van der Waals surface area contributed by atoms with Gasteiger partial charge in [0.15, 0.2) is 0 Å². The van der Waals surface area contributed by atoms with E-state index in [1.54, 1.807) is 0 Å². The first-order valence-electron chi connectivity index (χ1n) is 11.4. The Morgan fingerprint density at radius 1 is 0.667 bits per heavy atom.